The summed E-state index contributed by atoms with van der Waals surface area (Å²) < 4.78 is 54.6. The first-order valence-corrected chi connectivity index (χ1v) is 11.1. The van der Waals surface area contributed by atoms with Gasteiger partial charge in [-0.25, -0.2) is 4.39 Å². The van der Waals surface area contributed by atoms with Crippen LogP contribution >= 0.6 is 34.4 Å². The second kappa shape index (κ2) is 8.99. The van der Waals surface area contributed by atoms with E-state index < -0.39 is 11.7 Å². The molecule has 0 aliphatic rings. The van der Waals surface area contributed by atoms with Crippen LogP contribution in [0.3, 0.4) is 0 Å². The number of nitrogens with zero attached hydrogens (tertiary/aromatic N) is 3. The van der Waals surface area contributed by atoms with E-state index in [0.29, 0.717) is 22.3 Å². The Hall–Kier alpha value is -2.40. The maximum Gasteiger partial charge on any atom is 0.416 e. The largest absolute Gasteiger partial charge is 0.416 e. The Morgan fingerprint density at radius 1 is 0.839 bits per heavy atom. The third-order valence-corrected chi connectivity index (χ3v) is 6.19. The molecule has 0 aliphatic heterocycles. The molecular weight excluding hydrogens is 541 g/mol. The van der Waals surface area contributed by atoms with Gasteiger partial charge < -0.3 is 0 Å². The summed E-state index contributed by atoms with van der Waals surface area (Å²) in [5, 5.41) is 9.16. The first kappa shape index (κ1) is 21.8. The highest BCUT2D eigenvalue weighted by molar-refractivity contribution is 14.1. The minimum atomic E-state index is -4.36. The Labute approximate surface area is 193 Å². The van der Waals surface area contributed by atoms with E-state index in [0.717, 1.165) is 27.0 Å². The molecule has 4 rings (SSSR count). The third kappa shape index (κ3) is 5.09. The van der Waals surface area contributed by atoms with Crippen LogP contribution in [0.1, 0.15) is 11.1 Å². The van der Waals surface area contributed by atoms with Crippen LogP contribution in [0.25, 0.3) is 17.1 Å². The normalized spacial score (nSPS) is 11.6. The van der Waals surface area contributed by atoms with Gasteiger partial charge in [0.15, 0.2) is 11.0 Å². The second-order valence-corrected chi connectivity index (χ2v) is 8.80. The zero-order valence-corrected chi connectivity index (χ0v) is 18.7. The highest BCUT2D eigenvalue weighted by atomic mass is 127. The van der Waals surface area contributed by atoms with Gasteiger partial charge in [0.2, 0.25) is 0 Å². The van der Waals surface area contributed by atoms with Crippen LogP contribution in [-0.2, 0) is 11.9 Å². The lowest BCUT2D eigenvalue weighted by atomic mass is 10.1. The Bertz CT molecular complexity index is 1170. The number of aromatic nitrogens is 3. The summed E-state index contributed by atoms with van der Waals surface area (Å²) in [5.74, 6) is 0.626. The topological polar surface area (TPSA) is 30.7 Å². The summed E-state index contributed by atoms with van der Waals surface area (Å²) in [5.41, 5.74) is 1.59. The summed E-state index contributed by atoms with van der Waals surface area (Å²) in [6.07, 6.45) is -4.36. The van der Waals surface area contributed by atoms with Crippen molar-refractivity contribution in [3.05, 3.63) is 93.3 Å². The van der Waals surface area contributed by atoms with Gasteiger partial charge in [-0.1, -0.05) is 23.9 Å². The second-order valence-electron chi connectivity index (χ2n) is 6.61. The van der Waals surface area contributed by atoms with E-state index >= 15 is 0 Å². The molecule has 0 fully saturated rings. The smallest absolute Gasteiger partial charge is 0.270 e. The van der Waals surface area contributed by atoms with Crippen molar-refractivity contribution in [1.29, 1.82) is 0 Å². The predicted molar refractivity (Wildman–Crippen MR) is 120 cm³/mol. The Morgan fingerprint density at radius 3 is 2.10 bits per heavy atom. The lowest BCUT2D eigenvalue weighted by molar-refractivity contribution is -0.137. The third-order valence-electron chi connectivity index (χ3n) is 4.47. The minimum Gasteiger partial charge on any atom is -0.270 e. The molecule has 0 bridgehead atoms. The first-order chi connectivity index (χ1) is 14.8. The minimum absolute atomic E-state index is 0.346. The first-order valence-electron chi connectivity index (χ1n) is 9.07. The Balaban J connectivity index is 1.66. The number of halogens is 5. The molecule has 1 heterocycles. The van der Waals surface area contributed by atoms with Crippen LogP contribution in [0.5, 0.6) is 0 Å². The van der Waals surface area contributed by atoms with Crippen molar-refractivity contribution in [2.45, 2.75) is 17.1 Å². The molecule has 9 heteroatoms. The van der Waals surface area contributed by atoms with Crippen LogP contribution in [-0.4, -0.2) is 14.8 Å². The van der Waals surface area contributed by atoms with E-state index in [9.17, 15) is 17.6 Å². The molecule has 158 valence electrons. The fourth-order valence-corrected chi connectivity index (χ4v) is 4.18. The molecule has 31 heavy (non-hydrogen) atoms. The fourth-order valence-electron chi connectivity index (χ4n) is 2.91. The van der Waals surface area contributed by atoms with Gasteiger partial charge in [-0.2, -0.15) is 13.2 Å². The summed E-state index contributed by atoms with van der Waals surface area (Å²) in [6.45, 7) is 0. The molecule has 0 aliphatic carbocycles. The molecule has 0 unspecified atom stereocenters. The molecule has 0 radical (unpaired) electrons. The average Bonchev–Trinajstić information content (AvgIpc) is 3.17. The van der Waals surface area contributed by atoms with Gasteiger partial charge >= 0.3 is 6.18 Å². The highest BCUT2D eigenvalue weighted by Gasteiger charge is 2.30. The van der Waals surface area contributed by atoms with Crippen LogP contribution < -0.4 is 0 Å². The molecule has 0 spiro atoms. The van der Waals surface area contributed by atoms with Crippen molar-refractivity contribution in [3.8, 4) is 17.1 Å². The van der Waals surface area contributed by atoms with E-state index in [4.69, 9.17) is 0 Å². The van der Waals surface area contributed by atoms with E-state index in [1.165, 1.54) is 36.0 Å². The molecule has 4 aromatic rings. The molecule has 0 atom stereocenters. The number of benzene rings is 3. The molecule has 0 saturated heterocycles. The SMILES string of the molecule is Fc1ccc(-c2nnc(SCc3ccc(C(F)(F)F)cc3)n2-c2ccc(I)cc2)cc1. The van der Waals surface area contributed by atoms with Gasteiger partial charge in [-0.15, -0.1) is 10.2 Å². The monoisotopic (exact) mass is 555 g/mol. The van der Waals surface area contributed by atoms with E-state index in [-0.39, 0.29) is 5.82 Å². The standard InChI is InChI=1S/C22H14F4IN3S/c23-17-7-3-15(4-8-17)20-28-29-21(30(20)19-11-9-18(27)10-12-19)31-13-14-1-5-16(6-2-14)22(24,25)26/h1-12H,13H2. The average molecular weight is 555 g/mol. The summed E-state index contributed by atoms with van der Waals surface area (Å²) in [7, 11) is 0. The number of alkyl halides is 3. The lowest BCUT2D eigenvalue weighted by Crippen LogP contribution is -2.04. The maximum absolute atomic E-state index is 13.4. The van der Waals surface area contributed by atoms with Gasteiger partial charge in [0.1, 0.15) is 5.82 Å². The Morgan fingerprint density at radius 2 is 1.48 bits per heavy atom. The van der Waals surface area contributed by atoms with Crippen LogP contribution in [0.2, 0.25) is 0 Å². The molecule has 1 aromatic heterocycles. The van der Waals surface area contributed by atoms with E-state index in [1.807, 2.05) is 28.8 Å². The van der Waals surface area contributed by atoms with Crippen molar-refractivity contribution in [1.82, 2.24) is 14.8 Å². The quantitative estimate of drug-likeness (QED) is 0.151. The van der Waals surface area contributed by atoms with Crippen molar-refractivity contribution in [2.24, 2.45) is 0 Å². The van der Waals surface area contributed by atoms with Gasteiger partial charge in [-0.3, -0.25) is 4.57 Å². The van der Waals surface area contributed by atoms with E-state index in [2.05, 4.69) is 32.8 Å². The molecule has 3 aromatic carbocycles. The van der Waals surface area contributed by atoms with Gasteiger partial charge in [-0.05, 0) is 88.8 Å². The van der Waals surface area contributed by atoms with Gasteiger partial charge in [0, 0.05) is 20.6 Å². The summed E-state index contributed by atoms with van der Waals surface area (Å²) in [6, 6.07) is 18.8. The van der Waals surface area contributed by atoms with Crippen molar-refractivity contribution in [2.75, 3.05) is 0 Å². The zero-order chi connectivity index (χ0) is 22.0. The van der Waals surface area contributed by atoms with Crippen LogP contribution in [0.4, 0.5) is 17.6 Å². The number of hydrogen-bond acceptors (Lipinski definition) is 3. The number of thioether (sulfide) groups is 1. The zero-order valence-electron chi connectivity index (χ0n) is 15.8. The van der Waals surface area contributed by atoms with Crippen molar-refractivity contribution < 1.29 is 17.6 Å². The fraction of sp³-hybridized carbons (Fsp3) is 0.0909. The maximum atomic E-state index is 13.4. The molecular formula is C22H14F4IN3S. The summed E-state index contributed by atoms with van der Waals surface area (Å²) >= 11 is 3.58. The van der Waals surface area contributed by atoms with Crippen molar-refractivity contribution >= 4 is 34.4 Å². The molecule has 3 nitrogen and oxygen atoms in total. The molecule has 0 N–H and O–H groups in total. The highest BCUT2D eigenvalue weighted by Crippen LogP contribution is 2.32. The van der Waals surface area contributed by atoms with Crippen LogP contribution in [0, 0.1) is 9.39 Å². The van der Waals surface area contributed by atoms with E-state index in [1.54, 1.807) is 12.1 Å². The lowest BCUT2D eigenvalue weighted by Gasteiger charge is -2.11. The van der Waals surface area contributed by atoms with Gasteiger partial charge in [0.05, 0.1) is 5.56 Å². The Kier molecular flexibility index (Phi) is 6.33. The number of rotatable bonds is 5. The molecule has 0 amide bonds. The molecule has 0 saturated carbocycles. The number of hydrogen-bond donors (Lipinski definition) is 0. The predicted octanol–water partition coefficient (Wildman–Crippen LogP) is 6.99. The van der Waals surface area contributed by atoms with Crippen molar-refractivity contribution in [3.63, 3.8) is 0 Å². The van der Waals surface area contributed by atoms with Crippen LogP contribution in [0.15, 0.2) is 78.0 Å². The van der Waals surface area contributed by atoms with Gasteiger partial charge in [0.25, 0.3) is 0 Å². The summed E-state index contributed by atoms with van der Waals surface area (Å²) in [4.78, 5) is 0.